The van der Waals surface area contributed by atoms with Gasteiger partial charge in [-0.1, -0.05) is 17.7 Å². The highest BCUT2D eigenvalue weighted by molar-refractivity contribution is 5.73. The summed E-state index contributed by atoms with van der Waals surface area (Å²) in [6.45, 7) is 3.65. The minimum Gasteiger partial charge on any atom is -0.494 e. The van der Waals surface area contributed by atoms with E-state index in [2.05, 4.69) is 10.6 Å². The molecule has 1 aromatic heterocycles. The van der Waals surface area contributed by atoms with E-state index in [4.69, 9.17) is 9.15 Å². The molecule has 6 nitrogen and oxygen atoms in total. The van der Waals surface area contributed by atoms with E-state index < -0.39 is 0 Å². The number of furan rings is 1. The quantitative estimate of drug-likeness (QED) is 0.686. The van der Waals surface area contributed by atoms with E-state index in [1.165, 1.54) is 5.56 Å². The summed E-state index contributed by atoms with van der Waals surface area (Å²) in [5, 5.41) is 5.71. The summed E-state index contributed by atoms with van der Waals surface area (Å²) in [4.78, 5) is 13.9. The molecule has 1 aromatic carbocycles. The van der Waals surface area contributed by atoms with Gasteiger partial charge in [0.2, 0.25) is 0 Å². The fraction of sp³-hybridized carbons (Fsp3) is 0.421. The summed E-state index contributed by atoms with van der Waals surface area (Å²) in [5.41, 5.74) is 1.20. The number of urea groups is 1. The number of carbonyl (C=O) groups excluding carboxylic acids is 1. The minimum atomic E-state index is -0.186. The van der Waals surface area contributed by atoms with Crippen LogP contribution in [0.1, 0.15) is 23.8 Å². The number of carbonyl (C=O) groups is 1. The zero-order valence-corrected chi connectivity index (χ0v) is 15.1. The van der Waals surface area contributed by atoms with Gasteiger partial charge in [-0.3, -0.25) is 4.90 Å². The molecule has 1 unspecified atom stereocenters. The maximum absolute atomic E-state index is 11.9. The largest absolute Gasteiger partial charge is 0.494 e. The van der Waals surface area contributed by atoms with E-state index in [0.717, 1.165) is 17.9 Å². The van der Waals surface area contributed by atoms with Gasteiger partial charge < -0.3 is 19.8 Å². The number of likely N-dealkylation sites (N-methyl/N-ethyl adjacent to an activating group) is 1. The number of rotatable bonds is 9. The minimum absolute atomic E-state index is 0.00520. The third kappa shape index (κ3) is 6.51. The Morgan fingerprint density at radius 1 is 1.20 bits per heavy atom. The zero-order valence-electron chi connectivity index (χ0n) is 15.1. The number of nitrogens with zero attached hydrogens (tertiary/aromatic N) is 1. The summed E-state index contributed by atoms with van der Waals surface area (Å²) < 4.78 is 11.1. The molecule has 25 heavy (non-hydrogen) atoms. The first-order valence-corrected chi connectivity index (χ1v) is 8.47. The van der Waals surface area contributed by atoms with E-state index in [-0.39, 0.29) is 12.1 Å². The van der Waals surface area contributed by atoms with Gasteiger partial charge in [-0.05, 0) is 51.7 Å². The lowest BCUT2D eigenvalue weighted by Crippen LogP contribution is -2.41. The molecule has 2 amide bonds. The fourth-order valence-corrected chi connectivity index (χ4v) is 2.37. The van der Waals surface area contributed by atoms with Crippen LogP contribution >= 0.6 is 0 Å². The summed E-state index contributed by atoms with van der Waals surface area (Å²) in [6, 6.07) is 11.5. The third-order valence-electron chi connectivity index (χ3n) is 3.85. The second kappa shape index (κ2) is 9.74. The Morgan fingerprint density at radius 3 is 2.60 bits per heavy atom. The van der Waals surface area contributed by atoms with E-state index >= 15 is 0 Å². The lowest BCUT2D eigenvalue weighted by atomic mass is 10.2. The van der Waals surface area contributed by atoms with Crippen LogP contribution in [-0.2, 0) is 0 Å². The molecule has 0 fully saturated rings. The van der Waals surface area contributed by atoms with Gasteiger partial charge in [0.05, 0.1) is 18.9 Å². The Morgan fingerprint density at radius 2 is 1.96 bits per heavy atom. The van der Waals surface area contributed by atoms with Gasteiger partial charge in [0.15, 0.2) is 0 Å². The summed E-state index contributed by atoms with van der Waals surface area (Å²) in [7, 11) is 3.91. The molecule has 6 heteroatoms. The summed E-state index contributed by atoms with van der Waals surface area (Å²) in [6.07, 6.45) is 2.39. The van der Waals surface area contributed by atoms with Crippen molar-refractivity contribution in [1.82, 2.24) is 15.5 Å². The lowest BCUT2D eigenvalue weighted by Gasteiger charge is -2.22. The molecular formula is C19H27N3O3. The molecule has 0 saturated carbocycles. The predicted octanol–water partition coefficient (Wildman–Crippen LogP) is 2.96. The predicted molar refractivity (Wildman–Crippen MR) is 97.8 cm³/mol. The van der Waals surface area contributed by atoms with Gasteiger partial charge >= 0.3 is 6.03 Å². The SMILES string of the molecule is Cc1ccc(OCCCNC(=O)NCC(c2ccco2)N(C)C)cc1. The van der Waals surface area contributed by atoms with Crippen LogP contribution in [0.4, 0.5) is 4.79 Å². The maximum Gasteiger partial charge on any atom is 0.314 e. The molecule has 2 rings (SSSR count). The number of hydrogen-bond acceptors (Lipinski definition) is 4. The van der Waals surface area contributed by atoms with Crippen molar-refractivity contribution in [3.05, 3.63) is 54.0 Å². The second-order valence-electron chi connectivity index (χ2n) is 6.15. The van der Waals surface area contributed by atoms with Crippen LogP contribution in [0.5, 0.6) is 5.75 Å². The van der Waals surface area contributed by atoms with Gasteiger partial charge in [-0.15, -0.1) is 0 Å². The van der Waals surface area contributed by atoms with E-state index in [9.17, 15) is 4.79 Å². The van der Waals surface area contributed by atoms with Crippen molar-refractivity contribution in [2.24, 2.45) is 0 Å². The molecule has 2 aromatic rings. The first kappa shape index (κ1) is 18.9. The highest BCUT2D eigenvalue weighted by atomic mass is 16.5. The molecule has 0 aliphatic heterocycles. The van der Waals surface area contributed by atoms with Crippen molar-refractivity contribution < 1.29 is 13.9 Å². The van der Waals surface area contributed by atoms with Crippen LogP contribution in [0.15, 0.2) is 47.1 Å². The molecule has 0 radical (unpaired) electrons. The highest BCUT2D eigenvalue weighted by Crippen LogP contribution is 2.17. The van der Waals surface area contributed by atoms with E-state index in [1.54, 1.807) is 6.26 Å². The average Bonchev–Trinajstić information content (AvgIpc) is 3.10. The highest BCUT2D eigenvalue weighted by Gasteiger charge is 2.17. The van der Waals surface area contributed by atoms with Crippen LogP contribution < -0.4 is 15.4 Å². The molecule has 136 valence electrons. The number of hydrogen-bond donors (Lipinski definition) is 2. The Balaban J connectivity index is 1.61. The van der Waals surface area contributed by atoms with Crippen LogP contribution in [0, 0.1) is 6.92 Å². The first-order chi connectivity index (χ1) is 12.1. The average molecular weight is 345 g/mol. The van der Waals surface area contributed by atoms with Crippen LogP contribution in [-0.4, -0.2) is 44.7 Å². The van der Waals surface area contributed by atoms with Crippen molar-refractivity contribution in [3.8, 4) is 5.75 Å². The molecule has 1 heterocycles. The van der Waals surface area contributed by atoms with E-state index in [1.807, 2.05) is 62.3 Å². The molecule has 0 spiro atoms. The van der Waals surface area contributed by atoms with Crippen LogP contribution in [0.2, 0.25) is 0 Å². The summed E-state index contributed by atoms with van der Waals surface area (Å²) in [5.74, 6) is 1.68. The first-order valence-electron chi connectivity index (χ1n) is 8.47. The number of aryl methyl sites for hydroxylation is 1. The molecule has 1 atom stereocenters. The number of benzene rings is 1. The Bertz CT molecular complexity index is 624. The molecule has 0 saturated heterocycles. The lowest BCUT2D eigenvalue weighted by molar-refractivity contribution is 0.224. The number of ether oxygens (including phenoxy) is 1. The monoisotopic (exact) mass is 345 g/mol. The topological polar surface area (TPSA) is 66.7 Å². The fourth-order valence-electron chi connectivity index (χ4n) is 2.37. The van der Waals surface area contributed by atoms with Crippen molar-refractivity contribution in [2.75, 3.05) is 33.8 Å². The van der Waals surface area contributed by atoms with Crippen molar-refractivity contribution >= 4 is 6.03 Å². The molecule has 0 aliphatic rings. The smallest absolute Gasteiger partial charge is 0.314 e. The molecular weight excluding hydrogens is 318 g/mol. The zero-order chi connectivity index (χ0) is 18.1. The van der Waals surface area contributed by atoms with Gasteiger partial charge in [0.1, 0.15) is 11.5 Å². The van der Waals surface area contributed by atoms with Crippen molar-refractivity contribution in [1.29, 1.82) is 0 Å². The van der Waals surface area contributed by atoms with Gasteiger partial charge in [-0.2, -0.15) is 0 Å². The standard InChI is InChI=1S/C19H27N3O3/c1-15-7-9-16(10-8-15)24-13-5-11-20-19(23)21-14-17(22(2)3)18-6-4-12-25-18/h4,6-10,12,17H,5,11,13-14H2,1-3H3,(H2,20,21,23). The van der Waals surface area contributed by atoms with Gasteiger partial charge in [-0.25, -0.2) is 4.79 Å². The van der Waals surface area contributed by atoms with Crippen molar-refractivity contribution in [3.63, 3.8) is 0 Å². The van der Waals surface area contributed by atoms with E-state index in [0.29, 0.717) is 19.7 Å². The van der Waals surface area contributed by atoms with Crippen LogP contribution in [0.25, 0.3) is 0 Å². The van der Waals surface area contributed by atoms with Gasteiger partial charge in [0, 0.05) is 13.1 Å². The Labute approximate surface area is 149 Å². The summed E-state index contributed by atoms with van der Waals surface area (Å²) >= 11 is 0. The molecule has 0 bridgehead atoms. The van der Waals surface area contributed by atoms with Crippen LogP contribution in [0.3, 0.4) is 0 Å². The number of nitrogens with one attached hydrogen (secondary N) is 2. The Hall–Kier alpha value is -2.47. The number of amides is 2. The van der Waals surface area contributed by atoms with Gasteiger partial charge in [0.25, 0.3) is 0 Å². The normalized spacial score (nSPS) is 12.0. The molecule has 0 aliphatic carbocycles. The second-order valence-corrected chi connectivity index (χ2v) is 6.15. The maximum atomic E-state index is 11.9. The van der Waals surface area contributed by atoms with Crippen molar-refractivity contribution in [2.45, 2.75) is 19.4 Å². The molecule has 2 N–H and O–H groups in total. The third-order valence-corrected chi connectivity index (χ3v) is 3.85. The Kier molecular flexibility index (Phi) is 7.35.